The van der Waals surface area contributed by atoms with Crippen molar-refractivity contribution < 1.29 is 18.0 Å². The van der Waals surface area contributed by atoms with Gasteiger partial charge in [-0.2, -0.15) is 13.2 Å². The maximum Gasteiger partial charge on any atom is 0.416 e. The summed E-state index contributed by atoms with van der Waals surface area (Å²) < 4.78 is 38.1. The molecule has 2 unspecified atom stereocenters. The van der Waals surface area contributed by atoms with Crippen molar-refractivity contribution in [3.8, 4) is 0 Å². The molecule has 0 spiro atoms. The van der Waals surface area contributed by atoms with E-state index in [9.17, 15) is 18.0 Å². The average molecular weight is 317 g/mol. The second-order valence-electron chi connectivity index (χ2n) is 6.08. The number of hydrogen-bond acceptors (Lipinski definition) is 2. The average Bonchev–Trinajstić information content (AvgIpc) is 2.90. The molecule has 0 amide bonds. The summed E-state index contributed by atoms with van der Waals surface area (Å²) in [6.45, 7) is 0. The van der Waals surface area contributed by atoms with Crippen LogP contribution in [0.1, 0.15) is 51.8 Å². The van der Waals surface area contributed by atoms with E-state index in [0.717, 1.165) is 40.9 Å². The Morgan fingerprint density at radius 2 is 1.78 bits per heavy atom. The largest absolute Gasteiger partial charge is 0.416 e. The number of halogens is 3. The molecule has 23 heavy (non-hydrogen) atoms. The van der Waals surface area contributed by atoms with Crippen LogP contribution in [0.3, 0.4) is 0 Å². The summed E-state index contributed by atoms with van der Waals surface area (Å²) in [5, 5.41) is 3.38. The van der Waals surface area contributed by atoms with E-state index in [4.69, 9.17) is 0 Å². The van der Waals surface area contributed by atoms with E-state index in [2.05, 4.69) is 5.32 Å². The van der Waals surface area contributed by atoms with Crippen molar-refractivity contribution in [2.45, 2.75) is 31.0 Å². The zero-order valence-electron chi connectivity index (χ0n) is 12.2. The van der Waals surface area contributed by atoms with Gasteiger partial charge in [0, 0.05) is 23.6 Å². The summed E-state index contributed by atoms with van der Waals surface area (Å²) in [6.07, 6.45) is -3.11. The number of anilines is 1. The lowest BCUT2D eigenvalue weighted by Gasteiger charge is -2.25. The first-order chi connectivity index (χ1) is 10.9. The topological polar surface area (TPSA) is 29.1 Å². The highest BCUT2D eigenvalue weighted by Crippen LogP contribution is 2.50. The van der Waals surface area contributed by atoms with E-state index >= 15 is 0 Å². The lowest BCUT2D eigenvalue weighted by Crippen LogP contribution is -2.18. The van der Waals surface area contributed by atoms with Crippen molar-refractivity contribution in [3.05, 3.63) is 64.7 Å². The molecular formula is C18H14F3NO. The highest BCUT2D eigenvalue weighted by molar-refractivity contribution is 6.01. The molecule has 5 heteroatoms. The number of rotatable bonds is 1. The Bertz CT molecular complexity index is 780. The molecule has 2 aromatic carbocycles. The molecule has 2 nitrogen and oxygen atoms in total. The van der Waals surface area contributed by atoms with Gasteiger partial charge >= 0.3 is 6.18 Å². The van der Waals surface area contributed by atoms with Crippen molar-refractivity contribution >= 4 is 11.5 Å². The molecule has 1 aliphatic heterocycles. The molecule has 1 heterocycles. The molecule has 0 aromatic heterocycles. The minimum absolute atomic E-state index is 0.0819. The van der Waals surface area contributed by atoms with Gasteiger partial charge in [0.2, 0.25) is 0 Å². The van der Waals surface area contributed by atoms with E-state index in [1.807, 2.05) is 18.2 Å². The van der Waals surface area contributed by atoms with E-state index in [1.54, 1.807) is 0 Å². The van der Waals surface area contributed by atoms with Gasteiger partial charge in [-0.05, 0) is 35.7 Å². The molecule has 2 aromatic rings. The van der Waals surface area contributed by atoms with Crippen molar-refractivity contribution in [1.29, 1.82) is 0 Å². The fourth-order valence-electron chi connectivity index (χ4n) is 3.70. The van der Waals surface area contributed by atoms with Crippen molar-refractivity contribution in [3.63, 3.8) is 0 Å². The predicted octanol–water partition coefficient (Wildman–Crippen LogP) is 4.93. The van der Waals surface area contributed by atoms with Gasteiger partial charge in [-0.15, -0.1) is 0 Å². The van der Waals surface area contributed by atoms with Crippen molar-refractivity contribution in [2.24, 2.45) is 0 Å². The first-order valence-corrected chi connectivity index (χ1v) is 7.55. The molecule has 2 atom stereocenters. The molecule has 118 valence electrons. The van der Waals surface area contributed by atoms with Crippen LogP contribution in [-0.4, -0.2) is 5.78 Å². The lowest BCUT2D eigenvalue weighted by molar-refractivity contribution is -0.137. The summed E-state index contributed by atoms with van der Waals surface area (Å²) in [5.74, 6) is 0.281. The van der Waals surface area contributed by atoms with E-state index < -0.39 is 11.7 Å². The zero-order valence-corrected chi connectivity index (χ0v) is 12.2. The first-order valence-electron chi connectivity index (χ1n) is 7.55. The first kappa shape index (κ1) is 14.3. The van der Waals surface area contributed by atoms with Crippen LogP contribution in [0.4, 0.5) is 18.9 Å². The fourth-order valence-corrected chi connectivity index (χ4v) is 3.70. The number of hydrogen-bond donors (Lipinski definition) is 1. The van der Waals surface area contributed by atoms with Gasteiger partial charge in [-0.3, -0.25) is 4.79 Å². The zero-order chi connectivity index (χ0) is 16.2. The Kier molecular flexibility index (Phi) is 3.01. The monoisotopic (exact) mass is 317 g/mol. The third-order valence-corrected chi connectivity index (χ3v) is 4.77. The molecule has 4 rings (SSSR count). The summed E-state index contributed by atoms with van der Waals surface area (Å²) >= 11 is 0. The summed E-state index contributed by atoms with van der Waals surface area (Å²) in [6, 6.07) is 10.8. The van der Waals surface area contributed by atoms with Gasteiger partial charge in [-0.25, -0.2) is 0 Å². The van der Waals surface area contributed by atoms with Crippen LogP contribution in [0.2, 0.25) is 0 Å². The lowest BCUT2D eigenvalue weighted by atomic mass is 9.78. The van der Waals surface area contributed by atoms with Gasteiger partial charge in [0.1, 0.15) is 0 Å². The highest BCUT2D eigenvalue weighted by atomic mass is 19.4. The predicted molar refractivity (Wildman–Crippen MR) is 80.6 cm³/mol. The standard InChI is InChI=1S/C18H14F3NO/c19-18(20,21)11-6-4-10(5-7-11)17-13-8-9-15(23)12-2-1-3-14(22-17)16(12)13/h1-7,13,17,22H,8-9H2. The minimum Gasteiger partial charge on any atom is -0.377 e. The van der Waals surface area contributed by atoms with Crippen LogP contribution in [0.5, 0.6) is 0 Å². The van der Waals surface area contributed by atoms with Gasteiger partial charge in [0.25, 0.3) is 0 Å². The third kappa shape index (κ3) is 2.22. The molecule has 0 bridgehead atoms. The SMILES string of the molecule is O=C1CCC2c3c(cccc31)NC2c1ccc(C(F)(F)F)cc1. The molecule has 0 saturated carbocycles. The smallest absolute Gasteiger partial charge is 0.377 e. The Morgan fingerprint density at radius 3 is 2.48 bits per heavy atom. The number of nitrogens with one attached hydrogen (secondary N) is 1. The molecule has 1 aliphatic carbocycles. The highest BCUT2D eigenvalue weighted by Gasteiger charge is 2.39. The quantitative estimate of drug-likeness (QED) is 0.808. The Labute approximate surface area is 131 Å². The Morgan fingerprint density at radius 1 is 1.04 bits per heavy atom. The van der Waals surface area contributed by atoms with E-state index in [-0.39, 0.29) is 17.7 Å². The second kappa shape index (κ2) is 4.85. The Balaban J connectivity index is 1.71. The number of Topliss-reactive ketones (excluding diaryl/α,β-unsaturated/α-hetero) is 1. The summed E-state index contributed by atoms with van der Waals surface area (Å²) in [5.41, 5.74) is 2.87. The number of carbonyl (C=O) groups excluding carboxylic acids is 1. The number of benzene rings is 2. The van der Waals surface area contributed by atoms with E-state index in [1.165, 1.54) is 12.1 Å². The molecule has 0 fully saturated rings. The Hall–Kier alpha value is -2.30. The normalized spacial score (nSPS) is 22.7. The van der Waals surface area contributed by atoms with Crippen LogP contribution < -0.4 is 5.32 Å². The van der Waals surface area contributed by atoms with Gasteiger partial charge in [0.05, 0.1) is 11.6 Å². The maximum atomic E-state index is 12.7. The van der Waals surface area contributed by atoms with Crippen molar-refractivity contribution in [2.75, 3.05) is 5.32 Å². The fraction of sp³-hybridized carbons (Fsp3) is 0.278. The number of carbonyl (C=O) groups is 1. The number of ketones is 1. The minimum atomic E-state index is -4.32. The maximum absolute atomic E-state index is 12.7. The van der Waals surface area contributed by atoms with Gasteiger partial charge < -0.3 is 5.32 Å². The molecule has 1 N–H and O–H groups in total. The van der Waals surface area contributed by atoms with Gasteiger partial charge in [-0.1, -0.05) is 24.3 Å². The van der Waals surface area contributed by atoms with Crippen LogP contribution in [0.15, 0.2) is 42.5 Å². The summed E-state index contributed by atoms with van der Waals surface area (Å²) in [7, 11) is 0. The van der Waals surface area contributed by atoms with Crippen LogP contribution in [0, 0.1) is 0 Å². The molecule has 2 aliphatic rings. The second-order valence-corrected chi connectivity index (χ2v) is 6.08. The van der Waals surface area contributed by atoms with Crippen molar-refractivity contribution in [1.82, 2.24) is 0 Å². The van der Waals surface area contributed by atoms with Gasteiger partial charge in [0.15, 0.2) is 5.78 Å². The molecule has 0 saturated heterocycles. The van der Waals surface area contributed by atoms with E-state index in [0.29, 0.717) is 6.42 Å². The van der Waals surface area contributed by atoms with Crippen LogP contribution >= 0.6 is 0 Å². The molecule has 0 radical (unpaired) electrons. The molecular weight excluding hydrogens is 303 g/mol. The number of alkyl halides is 3. The van der Waals surface area contributed by atoms with Crippen LogP contribution in [0.25, 0.3) is 0 Å². The third-order valence-electron chi connectivity index (χ3n) is 4.77. The summed E-state index contributed by atoms with van der Waals surface area (Å²) in [4.78, 5) is 12.1. The van der Waals surface area contributed by atoms with Crippen LogP contribution in [-0.2, 0) is 6.18 Å².